The molecular weight excluding hydrogens is 342 g/mol. The molecule has 6 nitrogen and oxygen atoms in total. The van der Waals surface area contributed by atoms with Crippen LogP contribution in [-0.4, -0.2) is 44.5 Å². The van der Waals surface area contributed by atoms with Crippen molar-refractivity contribution in [2.45, 2.75) is 53.0 Å². The lowest BCUT2D eigenvalue weighted by Gasteiger charge is -2.18. The van der Waals surface area contributed by atoms with Crippen LogP contribution in [0.1, 0.15) is 52.0 Å². The van der Waals surface area contributed by atoms with Gasteiger partial charge in [0, 0.05) is 19.7 Å². The summed E-state index contributed by atoms with van der Waals surface area (Å²) in [6.07, 6.45) is 3.99. The van der Waals surface area contributed by atoms with Gasteiger partial charge in [0.25, 0.3) is 0 Å². The van der Waals surface area contributed by atoms with Gasteiger partial charge in [-0.05, 0) is 49.8 Å². The molecule has 0 saturated heterocycles. The largest absolute Gasteiger partial charge is 0.493 e. The van der Waals surface area contributed by atoms with Crippen LogP contribution < -0.4 is 20.1 Å². The molecule has 0 amide bonds. The van der Waals surface area contributed by atoms with E-state index in [1.54, 1.807) is 7.11 Å². The minimum absolute atomic E-state index is 0.228. The number of hydrogen-bond donors (Lipinski definition) is 3. The molecule has 0 radical (unpaired) electrons. The average Bonchev–Trinajstić information content (AvgIpc) is 2.68. The zero-order chi connectivity index (χ0) is 19.9. The topological polar surface area (TPSA) is 75.1 Å². The Morgan fingerprint density at radius 1 is 1.11 bits per heavy atom. The van der Waals surface area contributed by atoms with Crippen molar-refractivity contribution in [2.75, 3.05) is 33.4 Å². The highest BCUT2D eigenvalue weighted by Crippen LogP contribution is 2.28. The molecule has 0 spiro atoms. The third kappa shape index (κ3) is 9.00. The van der Waals surface area contributed by atoms with Crippen molar-refractivity contribution >= 4 is 5.96 Å². The number of hydrogen-bond acceptors (Lipinski definition) is 4. The summed E-state index contributed by atoms with van der Waals surface area (Å²) in [5.41, 5.74) is 1.06. The third-order valence-electron chi connectivity index (χ3n) is 4.25. The molecule has 0 bridgehead atoms. The van der Waals surface area contributed by atoms with Crippen molar-refractivity contribution in [3.05, 3.63) is 23.8 Å². The van der Waals surface area contributed by atoms with Crippen molar-refractivity contribution < 1.29 is 14.6 Å². The molecule has 0 heterocycles. The fourth-order valence-electron chi connectivity index (χ4n) is 2.83. The van der Waals surface area contributed by atoms with Gasteiger partial charge in [-0.1, -0.05) is 26.3 Å². The molecule has 1 atom stereocenters. The summed E-state index contributed by atoms with van der Waals surface area (Å²) < 4.78 is 11.1. The first-order chi connectivity index (χ1) is 13.2. The van der Waals surface area contributed by atoms with Gasteiger partial charge in [0.1, 0.15) is 0 Å². The SMILES string of the molecule is CCCOc1ccc(CN=C(NCC)NCC(CCC)CCO)cc1OC. The number of rotatable bonds is 13. The Bertz CT molecular complexity index is 543. The number of aliphatic hydroxyl groups is 1. The molecule has 154 valence electrons. The van der Waals surface area contributed by atoms with Crippen LogP contribution in [0.5, 0.6) is 11.5 Å². The van der Waals surface area contributed by atoms with Crippen LogP contribution in [0.4, 0.5) is 0 Å². The normalized spacial score (nSPS) is 12.6. The van der Waals surface area contributed by atoms with Crippen molar-refractivity contribution in [3.8, 4) is 11.5 Å². The molecule has 1 unspecified atom stereocenters. The van der Waals surface area contributed by atoms with E-state index in [9.17, 15) is 5.11 Å². The van der Waals surface area contributed by atoms with Gasteiger partial charge in [0.2, 0.25) is 0 Å². The second-order valence-corrected chi connectivity index (χ2v) is 6.58. The minimum atomic E-state index is 0.228. The molecule has 0 aromatic heterocycles. The van der Waals surface area contributed by atoms with Gasteiger partial charge >= 0.3 is 0 Å². The molecular formula is C21H37N3O3. The van der Waals surface area contributed by atoms with Gasteiger partial charge in [-0.15, -0.1) is 0 Å². The van der Waals surface area contributed by atoms with Crippen molar-refractivity contribution in [1.29, 1.82) is 0 Å². The Hall–Kier alpha value is -1.95. The van der Waals surface area contributed by atoms with Crippen LogP contribution in [0.15, 0.2) is 23.2 Å². The number of nitrogens with one attached hydrogen (secondary N) is 2. The van der Waals surface area contributed by atoms with Gasteiger partial charge in [-0.3, -0.25) is 0 Å². The first-order valence-corrected chi connectivity index (χ1v) is 10.1. The molecule has 1 aromatic carbocycles. The van der Waals surface area contributed by atoms with E-state index in [1.165, 1.54) is 0 Å². The summed E-state index contributed by atoms with van der Waals surface area (Å²) in [6, 6.07) is 5.94. The molecule has 1 aromatic rings. The maximum atomic E-state index is 9.21. The summed E-state index contributed by atoms with van der Waals surface area (Å²) in [7, 11) is 1.65. The van der Waals surface area contributed by atoms with Crippen LogP contribution in [0, 0.1) is 5.92 Å². The van der Waals surface area contributed by atoms with Crippen molar-refractivity contribution in [1.82, 2.24) is 10.6 Å². The van der Waals surface area contributed by atoms with Gasteiger partial charge < -0.3 is 25.2 Å². The summed E-state index contributed by atoms with van der Waals surface area (Å²) in [5.74, 6) is 2.75. The summed E-state index contributed by atoms with van der Waals surface area (Å²) in [4.78, 5) is 4.68. The Balaban J connectivity index is 2.73. The summed E-state index contributed by atoms with van der Waals surface area (Å²) in [6.45, 7) is 9.38. The number of ether oxygens (including phenoxy) is 2. The molecule has 6 heteroatoms. The van der Waals surface area contributed by atoms with Crippen LogP contribution in [0.3, 0.4) is 0 Å². The summed E-state index contributed by atoms with van der Waals surface area (Å²) >= 11 is 0. The van der Waals surface area contributed by atoms with E-state index >= 15 is 0 Å². The first-order valence-electron chi connectivity index (χ1n) is 10.1. The summed E-state index contributed by atoms with van der Waals surface area (Å²) in [5, 5.41) is 15.9. The second kappa shape index (κ2) is 14.2. The lowest BCUT2D eigenvalue weighted by molar-refractivity contribution is 0.251. The van der Waals surface area contributed by atoms with Crippen LogP contribution in [0.2, 0.25) is 0 Å². The molecule has 0 fully saturated rings. The van der Waals surface area contributed by atoms with Gasteiger partial charge in [-0.2, -0.15) is 0 Å². The zero-order valence-electron chi connectivity index (χ0n) is 17.4. The minimum Gasteiger partial charge on any atom is -0.493 e. The maximum absolute atomic E-state index is 9.21. The molecule has 3 N–H and O–H groups in total. The highest BCUT2D eigenvalue weighted by Gasteiger charge is 2.09. The van der Waals surface area contributed by atoms with E-state index in [0.29, 0.717) is 19.1 Å². The smallest absolute Gasteiger partial charge is 0.191 e. The first kappa shape index (κ1) is 23.1. The number of guanidine groups is 1. The molecule has 0 aliphatic rings. The number of aliphatic imine (C=N–C) groups is 1. The Kier molecular flexibility index (Phi) is 12.1. The van der Waals surface area contributed by atoms with E-state index in [0.717, 1.165) is 61.8 Å². The average molecular weight is 380 g/mol. The lowest BCUT2D eigenvalue weighted by Crippen LogP contribution is -2.40. The Labute approximate surface area is 164 Å². The molecule has 0 aliphatic heterocycles. The van der Waals surface area contributed by atoms with Crippen LogP contribution >= 0.6 is 0 Å². The fourth-order valence-corrected chi connectivity index (χ4v) is 2.83. The highest BCUT2D eigenvalue weighted by atomic mass is 16.5. The van der Waals surface area contributed by atoms with E-state index in [1.807, 2.05) is 18.2 Å². The number of nitrogens with zero attached hydrogens (tertiary/aromatic N) is 1. The quantitative estimate of drug-likeness (QED) is 0.362. The molecule has 1 rings (SSSR count). The van der Waals surface area contributed by atoms with E-state index < -0.39 is 0 Å². The van der Waals surface area contributed by atoms with Gasteiger partial charge in [0.15, 0.2) is 17.5 Å². The second-order valence-electron chi connectivity index (χ2n) is 6.58. The predicted octanol–water partition coefficient (Wildman–Crippen LogP) is 3.34. The lowest BCUT2D eigenvalue weighted by atomic mass is 10.0. The van der Waals surface area contributed by atoms with Crippen molar-refractivity contribution in [2.24, 2.45) is 10.9 Å². The highest BCUT2D eigenvalue weighted by molar-refractivity contribution is 5.79. The van der Waals surface area contributed by atoms with E-state index in [2.05, 4.69) is 36.4 Å². The third-order valence-corrected chi connectivity index (χ3v) is 4.25. The van der Waals surface area contributed by atoms with E-state index in [-0.39, 0.29) is 6.61 Å². The van der Waals surface area contributed by atoms with Gasteiger partial charge in [-0.25, -0.2) is 4.99 Å². The molecule has 0 aliphatic carbocycles. The monoisotopic (exact) mass is 379 g/mol. The Morgan fingerprint density at radius 3 is 2.56 bits per heavy atom. The number of benzene rings is 1. The number of aliphatic hydroxyl groups excluding tert-OH is 1. The number of methoxy groups -OCH3 is 1. The van der Waals surface area contributed by atoms with Crippen LogP contribution in [-0.2, 0) is 6.54 Å². The van der Waals surface area contributed by atoms with E-state index in [4.69, 9.17) is 9.47 Å². The van der Waals surface area contributed by atoms with Crippen molar-refractivity contribution in [3.63, 3.8) is 0 Å². The molecule has 0 saturated carbocycles. The molecule has 27 heavy (non-hydrogen) atoms. The maximum Gasteiger partial charge on any atom is 0.191 e. The standard InChI is InChI=1S/C21H37N3O3/c1-5-8-17(11-12-25)15-23-21(22-7-3)24-16-18-9-10-19(27-13-6-2)20(14-18)26-4/h9-10,14,17,25H,5-8,11-13,15-16H2,1-4H3,(H2,22,23,24). The van der Waals surface area contributed by atoms with Crippen LogP contribution in [0.25, 0.3) is 0 Å². The zero-order valence-corrected chi connectivity index (χ0v) is 17.4. The van der Waals surface area contributed by atoms with Gasteiger partial charge in [0.05, 0.1) is 20.3 Å². The predicted molar refractivity (Wildman–Crippen MR) is 112 cm³/mol. The Morgan fingerprint density at radius 2 is 1.93 bits per heavy atom. The fraction of sp³-hybridized carbons (Fsp3) is 0.667.